The number of fused-ring (bicyclic) bond motifs is 1. The van der Waals surface area contributed by atoms with Gasteiger partial charge in [-0.15, -0.1) is 0 Å². The molecule has 4 aromatic rings. The van der Waals surface area contributed by atoms with E-state index in [1.807, 2.05) is 68.6 Å². The van der Waals surface area contributed by atoms with Gasteiger partial charge in [-0.05, 0) is 43.3 Å². The molecule has 2 aromatic heterocycles. The summed E-state index contributed by atoms with van der Waals surface area (Å²) < 4.78 is 8.65. The highest BCUT2D eigenvalue weighted by molar-refractivity contribution is 6.32. The number of hydrogen-bond acceptors (Lipinski definition) is 4. The zero-order valence-electron chi connectivity index (χ0n) is 16.3. The molecular weight excluding hydrogens is 388 g/mol. The molecule has 4 rings (SSSR count). The molecule has 0 bridgehead atoms. The summed E-state index contributed by atoms with van der Waals surface area (Å²) in [6.07, 6.45) is 1.58. The molecule has 0 aliphatic carbocycles. The van der Waals surface area contributed by atoms with Crippen LogP contribution >= 0.6 is 11.6 Å². The number of nitrogens with zero attached hydrogens (tertiary/aromatic N) is 4. The standard InChI is InChI=1S/C22H19ClN4O2/c1-14-20(22(28)27(26(14)2)17-7-5-4-6-8-17)24-13-16-11-15-12-18(29-3)9-10-19(15)25-21(16)23/h4-13H,1-3H3. The highest BCUT2D eigenvalue weighted by Gasteiger charge is 2.15. The van der Waals surface area contributed by atoms with Crippen molar-refractivity contribution in [1.29, 1.82) is 0 Å². The molecule has 0 spiro atoms. The van der Waals surface area contributed by atoms with Crippen molar-refractivity contribution in [2.75, 3.05) is 7.11 Å². The molecule has 146 valence electrons. The molecule has 0 radical (unpaired) electrons. The number of aromatic nitrogens is 3. The van der Waals surface area contributed by atoms with Crippen molar-refractivity contribution in [3.05, 3.63) is 81.4 Å². The predicted octanol–water partition coefficient (Wildman–Crippen LogP) is 4.45. The van der Waals surface area contributed by atoms with Crippen LogP contribution in [-0.2, 0) is 7.05 Å². The average Bonchev–Trinajstić information content (AvgIpc) is 2.95. The van der Waals surface area contributed by atoms with Crippen LogP contribution in [0.2, 0.25) is 5.15 Å². The maximum absolute atomic E-state index is 13.0. The molecule has 0 aliphatic rings. The van der Waals surface area contributed by atoms with E-state index in [0.717, 1.165) is 28.0 Å². The first-order valence-corrected chi connectivity index (χ1v) is 9.40. The number of aliphatic imine (C=N–C) groups is 1. The summed E-state index contributed by atoms with van der Waals surface area (Å²) in [6.45, 7) is 1.86. The maximum Gasteiger partial charge on any atom is 0.297 e. The summed E-state index contributed by atoms with van der Waals surface area (Å²) in [5, 5.41) is 1.20. The van der Waals surface area contributed by atoms with Gasteiger partial charge in [-0.25, -0.2) is 14.7 Å². The van der Waals surface area contributed by atoms with Gasteiger partial charge in [0.2, 0.25) is 0 Å². The molecule has 0 aliphatic heterocycles. The molecule has 0 unspecified atom stereocenters. The largest absolute Gasteiger partial charge is 0.497 e. The van der Waals surface area contributed by atoms with Crippen molar-refractivity contribution >= 4 is 34.4 Å². The van der Waals surface area contributed by atoms with Crippen LogP contribution in [0.5, 0.6) is 5.75 Å². The lowest BCUT2D eigenvalue weighted by Crippen LogP contribution is -2.19. The third-order valence-electron chi connectivity index (χ3n) is 4.86. The number of ether oxygens (including phenoxy) is 1. The quantitative estimate of drug-likeness (QED) is 0.371. The van der Waals surface area contributed by atoms with Crippen LogP contribution < -0.4 is 10.3 Å². The van der Waals surface area contributed by atoms with E-state index in [2.05, 4.69) is 9.98 Å². The summed E-state index contributed by atoms with van der Waals surface area (Å²) >= 11 is 6.33. The van der Waals surface area contributed by atoms with Crippen molar-refractivity contribution in [3.63, 3.8) is 0 Å². The summed E-state index contributed by atoms with van der Waals surface area (Å²) in [6, 6.07) is 16.9. The predicted molar refractivity (Wildman–Crippen MR) is 116 cm³/mol. The minimum atomic E-state index is -0.195. The topological polar surface area (TPSA) is 61.4 Å². The zero-order chi connectivity index (χ0) is 20.5. The van der Waals surface area contributed by atoms with Crippen molar-refractivity contribution in [1.82, 2.24) is 14.3 Å². The van der Waals surface area contributed by atoms with Crippen molar-refractivity contribution < 1.29 is 4.74 Å². The zero-order valence-corrected chi connectivity index (χ0v) is 17.0. The van der Waals surface area contributed by atoms with E-state index >= 15 is 0 Å². The second-order valence-corrected chi connectivity index (χ2v) is 6.95. The average molecular weight is 407 g/mol. The number of halogens is 1. The van der Waals surface area contributed by atoms with Gasteiger partial charge >= 0.3 is 0 Å². The minimum Gasteiger partial charge on any atom is -0.497 e. The SMILES string of the molecule is COc1ccc2nc(Cl)c(C=Nc3c(C)n(C)n(-c4ccccc4)c3=O)cc2c1. The van der Waals surface area contributed by atoms with Crippen molar-refractivity contribution in [3.8, 4) is 11.4 Å². The van der Waals surface area contributed by atoms with E-state index in [1.165, 1.54) is 0 Å². The molecule has 6 nitrogen and oxygen atoms in total. The van der Waals surface area contributed by atoms with Crippen LogP contribution in [0.25, 0.3) is 16.6 Å². The van der Waals surface area contributed by atoms with Crippen LogP contribution in [0.3, 0.4) is 0 Å². The van der Waals surface area contributed by atoms with Crippen LogP contribution in [0, 0.1) is 6.92 Å². The molecule has 0 saturated heterocycles. The first kappa shape index (κ1) is 19.0. The Balaban J connectivity index is 1.78. The molecule has 0 atom stereocenters. The normalized spacial score (nSPS) is 11.4. The number of pyridine rings is 1. The van der Waals surface area contributed by atoms with Gasteiger partial charge in [0.15, 0.2) is 5.69 Å². The Morgan fingerprint density at radius 2 is 1.90 bits per heavy atom. The molecule has 7 heteroatoms. The van der Waals surface area contributed by atoms with Crippen molar-refractivity contribution in [2.45, 2.75) is 6.92 Å². The van der Waals surface area contributed by atoms with E-state index in [-0.39, 0.29) is 5.56 Å². The summed E-state index contributed by atoms with van der Waals surface area (Å²) in [5.74, 6) is 0.731. The Kier molecular flexibility index (Phi) is 4.94. The fourth-order valence-corrected chi connectivity index (χ4v) is 3.40. The number of methoxy groups -OCH3 is 1. The lowest BCUT2D eigenvalue weighted by Gasteiger charge is -2.07. The Bertz CT molecular complexity index is 1290. The molecule has 0 N–H and O–H groups in total. The van der Waals surface area contributed by atoms with Gasteiger partial charge in [0, 0.05) is 24.2 Å². The number of hydrogen-bond donors (Lipinski definition) is 0. The van der Waals surface area contributed by atoms with Crippen molar-refractivity contribution in [2.24, 2.45) is 12.0 Å². The fourth-order valence-electron chi connectivity index (χ4n) is 3.20. The van der Waals surface area contributed by atoms with Gasteiger partial charge in [-0.3, -0.25) is 9.48 Å². The molecule has 0 saturated carbocycles. The summed E-state index contributed by atoms with van der Waals surface area (Å²) in [7, 11) is 3.45. The molecular formula is C22H19ClN4O2. The number of benzene rings is 2. The Hall–Kier alpha value is -3.38. The second kappa shape index (κ2) is 7.56. The number of rotatable bonds is 4. The van der Waals surface area contributed by atoms with Gasteiger partial charge in [0.1, 0.15) is 10.9 Å². The summed E-state index contributed by atoms with van der Waals surface area (Å²) in [4.78, 5) is 21.8. The van der Waals surface area contributed by atoms with Gasteiger partial charge in [0.25, 0.3) is 5.56 Å². The molecule has 0 amide bonds. The van der Waals surface area contributed by atoms with Crippen LogP contribution in [-0.4, -0.2) is 27.7 Å². The lowest BCUT2D eigenvalue weighted by atomic mass is 10.1. The van der Waals surface area contributed by atoms with E-state index in [0.29, 0.717) is 16.4 Å². The Morgan fingerprint density at radius 1 is 1.14 bits per heavy atom. The third kappa shape index (κ3) is 3.43. The van der Waals surface area contributed by atoms with E-state index < -0.39 is 0 Å². The van der Waals surface area contributed by atoms with Gasteiger partial charge < -0.3 is 4.74 Å². The maximum atomic E-state index is 13.0. The highest BCUT2D eigenvalue weighted by Crippen LogP contribution is 2.24. The first-order chi connectivity index (χ1) is 14.0. The van der Waals surface area contributed by atoms with Gasteiger partial charge in [-0.2, -0.15) is 0 Å². The van der Waals surface area contributed by atoms with Gasteiger partial charge in [0.05, 0.1) is 24.0 Å². The van der Waals surface area contributed by atoms with E-state index in [1.54, 1.807) is 22.7 Å². The molecule has 2 heterocycles. The molecule has 2 aromatic carbocycles. The molecule has 0 fully saturated rings. The Labute approximate surface area is 172 Å². The van der Waals surface area contributed by atoms with Crippen LogP contribution in [0.1, 0.15) is 11.3 Å². The van der Waals surface area contributed by atoms with Crippen LogP contribution in [0.15, 0.2) is 64.4 Å². The minimum absolute atomic E-state index is 0.195. The van der Waals surface area contributed by atoms with Gasteiger partial charge in [-0.1, -0.05) is 29.8 Å². The fraction of sp³-hybridized carbons (Fsp3) is 0.136. The Morgan fingerprint density at radius 3 is 2.62 bits per heavy atom. The summed E-state index contributed by atoms with van der Waals surface area (Å²) in [5.41, 5.74) is 3.08. The highest BCUT2D eigenvalue weighted by atomic mass is 35.5. The van der Waals surface area contributed by atoms with E-state index in [9.17, 15) is 4.79 Å². The molecule has 29 heavy (non-hydrogen) atoms. The third-order valence-corrected chi connectivity index (χ3v) is 5.16. The first-order valence-electron chi connectivity index (χ1n) is 9.02. The van der Waals surface area contributed by atoms with E-state index in [4.69, 9.17) is 16.3 Å². The lowest BCUT2D eigenvalue weighted by molar-refractivity contribution is 0.415. The smallest absolute Gasteiger partial charge is 0.297 e. The monoisotopic (exact) mass is 406 g/mol. The second-order valence-electron chi connectivity index (χ2n) is 6.60. The number of para-hydroxylation sites is 1. The van der Waals surface area contributed by atoms with Crippen LogP contribution in [0.4, 0.5) is 5.69 Å².